The van der Waals surface area contributed by atoms with Crippen LogP contribution in [0.2, 0.25) is 5.04 Å². The van der Waals surface area contributed by atoms with E-state index in [2.05, 4.69) is 4.74 Å². The second-order valence-corrected chi connectivity index (χ2v) is 7.59. The minimum atomic E-state index is -4.04. The number of aldehydes is 1. The van der Waals surface area contributed by atoms with E-state index >= 15 is 0 Å². The standard InChI is InChI=1S/C14H13NO4Si/c1-7-19-12(18)14(10-16)9-8-11(17)15(14)20(5,6)13(2,3)4/h1-6,10H,7-9H2/t14-/m0/s1. The maximum Gasteiger partial charge on any atom is 0.338 e. The number of rotatable bonds is 5. The molecule has 1 saturated heterocycles. The Balaban J connectivity index is 3.35. The average molecular weight is 287 g/mol. The normalized spacial score (nSPS) is 23.9. The number of ether oxygens (including phenoxy) is 1. The number of hydrogen-bond acceptors (Lipinski definition) is 4. The maximum atomic E-state index is 12.0. The van der Waals surface area contributed by atoms with Gasteiger partial charge >= 0.3 is 5.97 Å². The number of nitrogens with zero attached hydrogens (tertiary/aromatic N) is 1. The molecule has 20 heavy (non-hydrogen) atoms. The highest BCUT2D eigenvalue weighted by Gasteiger charge is 2.61. The van der Waals surface area contributed by atoms with Crippen LogP contribution in [0.15, 0.2) is 0 Å². The van der Waals surface area contributed by atoms with Gasteiger partial charge in [0, 0.05) is 13.3 Å². The number of amides is 1. The van der Waals surface area contributed by atoms with Gasteiger partial charge in [0.2, 0.25) is 5.91 Å². The largest absolute Gasteiger partial charge is 0.463 e. The van der Waals surface area contributed by atoms with E-state index in [0.29, 0.717) is 4.57 Å². The highest BCUT2D eigenvalue weighted by Crippen LogP contribution is 2.43. The average Bonchev–Trinajstić information content (AvgIpc) is 2.66. The van der Waals surface area contributed by atoms with Crippen molar-refractivity contribution in [2.75, 3.05) is 6.61 Å². The molecule has 0 aromatic rings. The van der Waals surface area contributed by atoms with Crippen LogP contribution in [-0.2, 0) is 19.1 Å². The van der Waals surface area contributed by atoms with Crippen molar-refractivity contribution in [3.63, 3.8) is 0 Å². The fraction of sp³-hybridized carbons (Fsp3) is 0.357. The van der Waals surface area contributed by atoms with Crippen molar-refractivity contribution in [3.8, 4) is 0 Å². The van der Waals surface area contributed by atoms with E-state index in [1.54, 1.807) is 0 Å². The van der Waals surface area contributed by atoms with Crippen molar-refractivity contribution in [2.45, 2.75) is 23.4 Å². The van der Waals surface area contributed by atoms with Crippen LogP contribution >= 0.6 is 0 Å². The highest BCUT2D eigenvalue weighted by molar-refractivity contribution is 6.86. The van der Waals surface area contributed by atoms with Crippen LogP contribution in [-0.4, -0.2) is 43.1 Å². The second-order valence-electron chi connectivity index (χ2n) is 4.63. The fourth-order valence-corrected chi connectivity index (χ4v) is 3.86. The lowest BCUT2D eigenvalue weighted by molar-refractivity contribution is -0.157. The summed E-state index contributed by atoms with van der Waals surface area (Å²) in [5.74, 6) is -1.69. The van der Waals surface area contributed by atoms with E-state index in [1.165, 1.54) is 0 Å². The van der Waals surface area contributed by atoms with E-state index < -0.39 is 37.3 Å². The van der Waals surface area contributed by atoms with Crippen molar-refractivity contribution >= 4 is 26.4 Å². The van der Waals surface area contributed by atoms with Crippen molar-refractivity contribution in [1.82, 2.24) is 4.57 Å². The Morgan fingerprint density at radius 3 is 2.40 bits per heavy atom. The van der Waals surface area contributed by atoms with Crippen LogP contribution in [0.3, 0.4) is 0 Å². The fourth-order valence-electron chi connectivity index (χ4n) is 2.03. The van der Waals surface area contributed by atoms with E-state index in [9.17, 15) is 14.4 Å². The Morgan fingerprint density at radius 2 is 2.00 bits per heavy atom. The first-order valence-electron chi connectivity index (χ1n) is 5.65. The molecule has 12 radical (unpaired) electrons. The van der Waals surface area contributed by atoms with E-state index in [1.807, 2.05) is 0 Å². The summed E-state index contributed by atoms with van der Waals surface area (Å²) >= 11 is 0. The molecule has 1 aliphatic rings. The maximum absolute atomic E-state index is 12.0. The lowest BCUT2D eigenvalue weighted by Crippen LogP contribution is -2.68. The van der Waals surface area contributed by atoms with Crippen LogP contribution in [0, 0.1) is 40.8 Å². The first kappa shape index (κ1) is 16.9. The molecular formula is C14H13NO4Si. The zero-order valence-electron chi connectivity index (χ0n) is 10.7. The Bertz CT molecular complexity index is 427. The van der Waals surface area contributed by atoms with Crippen molar-refractivity contribution < 1.29 is 19.1 Å². The topological polar surface area (TPSA) is 63.7 Å². The lowest BCUT2D eigenvalue weighted by atomic mass is 10.0. The van der Waals surface area contributed by atoms with Gasteiger partial charge in [-0.3, -0.25) is 4.79 Å². The van der Waals surface area contributed by atoms with Gasteiger partial charge in [0.1, 0.15) is 0 Å². The summed E-state index contributed by atoms with van der Waals surface area (Å²) in [7, 11) is -4.04. The summed E-state index contributed by atoms with van der Waals surface area (Å²) in [6.07, 6.45) is -0.0753. The van der Waals surface area contributed by atoms with Gasteiger partial charge in [-0.1, -0.05) is 0 Å². The summed E-state index contributed by atoms with van der Waals surface area (Å²) in [5.41, 5.74) is -1.99. The van der Waals surface area contributed by atoms with Gasteiger partial charge in [0.25, 0.3) is 0 Å². The molecule has 0 N–H and O–H groups in total. The van der Waals surface area contributed by atoms with Gasteiger partial charge < -0.3 is 14.1 Å². The number of hydrogen-bond donors (Lipinski definition) is 0. The molecule has 102 valence electrons. The van der Waals surface area contributed by atoms with Crippen LogP contribution < -0.4 is 0 Å². The minimum absolute atomic E-state index is 0.141. The summed E-state index contributed by atoms with van der Waals surface area (Å²) in [4.78, 5) is 35.4. The minimum Gasteiger partial charge on any atom is -0.463 e. The molecule has 5 nitrogen and oxygen atoms in total. The number of esters is 1. The van der Waals surface area contributed by atoms with Crippen LogP contribution in [0.5, 0.6) is 0 Å². The zero-order chi connectivity index (χ0) is 15.8. The van der Waals surface area contributed by atoms with Gasteiger partial charge in [0.15, 0.2) is 20.1 Å². The lowest BCUT2D eigenvalue weighted by Gasteiger charge is -2.48. The summed E-state index contributed by atoms with van der Waals surface area (Å²) in [6, 6.07) is 0. The first-order valence-corrected chi connectivity index (χ1v) is 7.76. The Hall–Kier alpha value is -1.17. The first-order chi connectivity index (χ1) is 9.04. The Morgan fingerprint density at radius 1 is 1.45 bits per heavy atom. The van der Waals surface area contributed by atoms with Gasteiger partial charge in [0.05, 0.1) is 6.61 Å². The highest BCUT2D eigenvalue weighted by atomic mass is 28.3. The molecule has 1 rings (SSSR count). The van der Waals surface area contributed by atoms with Crippen LogP contribution in [0.4, 0.5) is 0 Å². The molecule has 0 aliphatic carbocycles. The van der Waals surface area contributed by atoms with Gasteiger partial charge in [-0.2, -0.15) is 0 Å². The zero-order valence-corrected chi connectivity index (χ0v) is 11.7. The molecule has 1 heterocycles. The monoisotopic (exact) mass is 287 g/mol. The van der Waals surface area contributed by atoms with Crippen LogP contribution in [0.25, 0.3) is 0 Å². The van der Waals surface area contributed by atoms with Gasteiger partial charge in [-0.25, -0.2) is 4.79 Å². The third-order valence-electron chi connectivity index (χ3n) is 3.19. The molecule has 1 atom stereocenters. The molecule has 0 unspecified atom stereocenters. The van der Waals surface area contributed by atoms with Crippen molar-refractivity contribution in [3.05, 3.63) is 40.8 Å². The molecule has 0 spiro atoms. The molecule has 1 aliphatic heterocycles. The summed E-state index contributed by atoms with van der Waals surface area (Å²) in [6.45, 7) is 32.7. The molecular weight excluding hydrogens is 274 g/mol. The summed E-state index contributed by atoms with van der Waals surface area (Å²) in [5, 5.41) is -2.12. The van der Waals surface area contributed by atoms with Gasteiger partial charge in [-0.15, -0.1) is 0 Å². The predicted octanol–water partition coefficient (Wildman–Crippen LogP) is 0.121. The van der Waals surface area contributed by atoms with Crippen molar-refractivity contribution in [1.29, 1.82) is 0 Å². The van der Waals surface area contributed by atoms with E-state index in [0.717, 1.165) is 0 Å². The molecule has 0 aromatic carbocycles. The summed E-state index contributed by atoms with van der Waals surface area (Å²) < 4.78 is 5.31. The molecule has 0 bridgehead atoms. The smallest absolute Gasteiger partial charge is 0.338 e. The molecule has 1 amide bonds. The molecule has 0 saturated carbocycles. The SMILES string of the molecule is [CH]COC(=O)[C@@]1(C=O)CCC(=O)N1[Si]([CH])([CH])C([CH])([CH])[CH]. The number of carbonyl (C=O) groups excluding carboxylic acids is 3. The second kappa shape index (κ2) is 5.31. The Labute approximate surface area is 121 Å². The Kier molecular flexibility index (Phi) is 4.48. The molecule has 6 heteroatoms. The number of carbonyl (C=O) groups is 3. The van der Waals surface area contributed by atoms with Crippen LogP contribution in [0.1, 0.15) is 12.8 Å². The van der Waals surface area contributed by atoms with E-state index in [4.69, 9.17) is 40.8 Å². The molecule has 0 aromatic heterocycles. The predicted molar refractivity (Wildman–Crippen MR) is 70.1 cm³/mol. The van der Waals surface area contributed by atoms with Gasteiger partial charge in [-0.05, 0) is 45.3 Å². The van der Waals surface area contributed by atoms with Crippen molar-refractivity contribution in [2.24, 2.45) is 0 Å². The molecule has 1 fully saturated rings. The third-order valence-corrected chi connectivity index (χ3v) is 5.97. The van der Waals surface area contributed by atoms with E-state index in [-0.39, 0.29) is 19.1 Å². The third kappa shape index (κ3) is 2.41. The quantitative estimate of drug-likeness (QED) is 0.312.